The van der Waals surface area contributed by atoms with Gasteiger partial charge in [-0.15, -0.1) is 0 Å². The van der Waals surface area contributed by atoms with E-state index in [1.165, 1.54) is 6.42 Å². The monoisotopic (exact) mass is 300 g/mol. The molecule has 0 aromatic carbocycles. The molecule has 4 heteroatoms. The summed E-state index contributed by atoms with van der Waals surface area (Å²) in [6.07, 6.45) is 1.24. The minimum absolute atomic E-state index is 0.411. The van der Waals surface area contributed by atoms with Gasteiger partial charge in [0.15, 0.2) is 4.67 Å². The highest BCUT2D eigenvalue weighted by atomic mass is 79.9. The summed E-state index contributed by atoms with van der Waals surface area (Å²) in [5.74, 6) is 1.73. The summed E-state index contributed by atoms with van der Waals surface area (Å²) in [6.45, 7) is 6.72. The number of hydrogen-bond acceptors (Lipinski definition) is 3. The molecule has 2 heterocycles. The Hall–Kier alpha value is -0.320. The van der Waals surface area contributed by atoms with Crippen molar-refractivity contribution in [2.45, 2.75) is 32.4 Å². The molecule has 1 fully saturated rings. The minimum atomic E-state index is 0.411. The first-order chi connectivity index (χ1) is 8.13. The zero-order valence-electron chi connectivity index (χ0n) is 10.7. The largest absolute Gasteiger partial charge is 0.453 e. The molecule has 1 N–H and O–H groups in total. The second-order valence-corrected chi connectivity index (χ2v) is 5.81. The van der Waals surface area contributed by atoms with Crippen LogP contribution in [0.15, 0.2) is 21.2 Å². The van der Waals surface area contributed by atoms with Crippen molar-refractivity contribution >= 4 is 15.9 Å². The van der Waals surface area contributed by atoms with Crippen LogP contribution in [0.1, 0.15) is 32.1 Å². The number of halogens is 1. The van der Waals surface area contributed by atoms with Crippen LogP contribution in [-0.4, -0.2) is 31.1 Å². The Morgan fingerprint density at radius 3 is 2.82 bits per heavy atom. The van der Waals surface area contributed by atoms with E-state index in [1.54, 1.807) is 0 Å². The lowest BCUT2D eigenvalue weighted by atomic mass is 9.98. The topological polar surface area (TPSA) is 28.4 Å². The molecular formula is C13H21BrN2O. The van der Waals surface area contributed by atoms with Crippen molar-refractivity contribution in [3.8, 4) is 0 Å². The number of likely N-dealkylation sites (tertiary alicyclic amines) is 1. The van der Waals surface area contributed by atoms with Gasteiger partial charge in [0.05, 0.1) is 6.04 Å². The molecule has 96 valence electrons. The Kier molecular flexibility index (Phi) is 4.28. The first-order valence-electron chi connectivity index (χ1n) is 6.29. The van der Waals surface area contributed by atoms with Gasteiger partial charge >= 0.3 is 0 Å². The van der Waals surface area contributed by atoms with Crippen LogP contribution >= 0.6 is 15.9 Å². The lowest BCUT2D eigenvalue weighted by molar-refractivity contribution is 0.159. The van der Waals surface area contributed by atoms with Crippen molar-refractivity contribution in [2.75, 3.05) is 20.1 Å². The van der Waals surface area contributed by atoms with Crippen LogP contribution in [0.4, 0.5) is 0 Å². The average molecular weight is 301 g/mol. The standard InChI is InChI=1S/C13H21BrN2O/c1-9(2)16-7-6-10(8-15-3)13(16)11-4-5-12(14)17-11/h4-5,9-10,13,15H,6-8H2,1-3H3. The number of nitrogens with one attached hydrogen (secondary N) is 1. The Bertz CT molecular complexity index is 364. The molecule has 0 spiro atoms. The molecule has 1 aliphatic rings. The van der Waals surface area contributed by atoms with Gasteiger partial charge in [0.25, 0.3) is 0 Å². The maximum Gasteiger partial charge on any atom is 0.169 e. The van der Waals surface area contributed by atoms with Gasteiger partial charge in [0.1, 0.15) is 5.76 Å². The van der Waals surface area contributed by atoms with Crippen LogP contribution in [-0.2, 0) is 0 Å². The van der Waals surface area contributed by atoms with E-state index in [0.717, 1.165) is 23.5 Å². The van der Waals surface area contributed by atoms with Gasteiger partial charge in [-0.05, 0) is 74.4 Å². The smallest absolute Gasteiger partial charge is 0.169 e. The highest BCUT2D eigenvalue weighted by Crippen LogP contribution is 2.39. The highest BCUT2D eigenvalue weighted by molar-refractivity contribution is 9.10. The third kappa shape index (κ3) is 2.75. The summed E-state index contributed by atoms with van der Waals surface area (Å²) in [5, 5.41) is 3.30. The van der Waals surface area contributed by atoms with Crippen molar-refractivity contribution in [1.29, 1.82) is 0 Å². The second-order valence-electron chi connectivity index (χ2n) is 5.02. The quantitative estimate of drug-likeness (QED) is 0.926. The van der Waals surface area contributed by atoms with Gasteiger partial charge in [-0.25, -0.2) is 0 Å². The second kappa shape index (κ2) is 5.55. The zero-order valence-corrected chi connectivity index (χ0v) is 12.3. The Morgan fingerprint density at radius 2 is 2.29 bits per heavy atom. The molecule has 2 rings (SSSR count). The molecule has 0 bridgehead atoms. The molecule has 17 heavy (non-hydrogen) atoms. The minimum Gasteiger partial charge on any atom is -0.453 e. The van der Waals surface area contributed by atoms with Crippen molar-refractivity contribution < 1.29 is 4.42 Å². The van der Waals surface area contributed by atoms with Crippen LogP contribution in [0.25, 0.3) is 0 Å². The molecule has 2 unspecified atom stereocenters. The van der Waals surface area contributed by atoms with Crippen LogP contribution in [0.2, 0.25) is 0 Å². The Balaban J connectivity index is 2.22. The molecule has 1 aromatic rings. The molecule has 1 saturated heterocycles. The summed E-state index contributed by atoms with van der Waals surface area (Å²) >= 11 is 3.39. The molecule has 3 nitrogen and oxygen atoms in total. The van der Waals surface area contributed by atoms with Crippen LogP contribution in [0.3, 0.4) is 0 Å². The molecule has 0 amide bonds. The van der Waals surface area contributed by atoms with E-state index in [0.29, 0.717) is 18.0 Å². The maximum absolute atomic E-state index is 5.77. The van der Waals surface area contributed by atoms with Crippen molar-refractivity contribution in [3.63, 3.8) is 0 Å². The third-order valence-electron chi connectivity index (χ3n) is 3.58. The van der Waals surface area contributed by atoms with Gasteiger partial charge < -0.3 is 9.73 Å². The Morgan fingerprint density at radius 1 is 1.53 bits per heavy atom. The van der Waals surface area contributed by atoms with Crippen LogP contribution < -0.4 is 5.32 Å². The van der Waals surface area contributed by atoms with Gasteiger partial charge in [0.2, 0.25) is 0 Å². The normalized spacial score (nSPS) is 25.9. The molecule has 1 aliphatic heterocycles. The van der Waals surface area contributed by atoms with Gasteiger partial charge in [0, 0.05) is 6.04 Å². The maximum atomic E-state index is 5.77. The summed E-state index contributed by atoms with van der Waals surface area (Å²) in [5.41, 5.74) is 0. The van der Waals surface area contributed by atoms with Gasteiger partial charge in [-0.3, -0.25) is 4.90 Å². The van der Waals surface area contributed by atoms with Crippen molar-refractivity contribution in [2.24, 2.45) is 5.92 Å². The number of furan rings is 1. The molecule has 2 atom stereocenters. The molecule has 0 radical (unpaired) electrons. The molecule has 0 saturated carbocycles. The molecule has 0 aliphatic carbocycles. The lowest BCUT2D eigenvalue weighted by Gasteiger charge is -2.29. The van der Waals surface area contributed by atoms with Crippen molar-refractivity contribution in [3.05, 3.63) is 22.6 Å². The van der Waals surface area contributed by atoms with Crippen LogP contribution in [0, 0.1) is 5.92 Å². The number of rotatable bonds is 4. The van der Waals surface area contributed by atoms with E-state index in [9.17, 15) is 0 Å². The zero-order chi connectivity index (χ0) is 12.4. The summed E-state index contributed by atoms with van der Waals surface area (Å²) in [6, 6.07) is 5.06. The fourth-order valence-electron chi connectivity index (χ4n) is 2.82. The third-order valence-corrected chi connectivity index (χ3v) is 4.00. The fourth-order valence-corrected chi connectivity index (χ4v) is 3.14. The van der Waals surface area contributed by atoms with E-state index < -0.39 is 0 Å². The SMILES string of the molecule is CNCC1CCN(C(C)C)C1c1ccc(Br)o1. The predicted molar refractivity (Wildman–Crippen MR) is 73.0 cm³/mol. The average Bonchev–Trinajstić information content (AvgIpc) is 2.84. The lowest BCUT2D eigenvalue weighted by Crippen LogP contribution is -2.33. The van der Waals surface area contributed by atoms with E-state index in [-0.39, 0.29) is 0 Å². The van der Waals surface area contributed by atoms with E-state index in [2.05, 4.69) is 46.1 Å². The summed E-state index contributed by atoms with van der Waals surface area (Å²) in [7, 11) is 2.02. The van der Waals surface area contributed by atoms with E-state index >= 15 is 0 Å². The molecule has 1 aromatic heterocycles. The Labute approximate surface area is 112 Å². The summed E-state index contributed by atoms with van der Waals surface area (Å²) in [4.78, 5) is 2.54. The highest BCUT2D eigenvalue weighted by Gasteiger charge is 2.37. The summed E-state index contributed by atoms with van der Waals surface area (Å²) < 4.78 is 6.60. The van der Waals surface area contributed by atoms with Crippen LogP contribution in [0.5, 0.6) is 0 Å². The van der Waals surface area contributed by atoms with Crippen molar-refractivity contribution in [1.82, 2.24) is 10.2 Å². The van der Waals surface area contributed by atoms with E-state index in [4.69, 9.17) is 4.42 Å². The van der Waals surface area contributed by atoms with Gasteiger partial charge in [-0.1, -0.05) is 0 Å². The fraction of sp³-hybridized carbons (Fsp3) is 0.692. The number of hydrogen-bond donors (Lipinski definition) is 1. The molecular weight excluding hydrogens is 280 g/mol. The number of nitrogens with zero attached hydrogens (tertiary/aromatic N) is 1. The first-order valence-corrected chi connectivity index (χ1v) is 7.08. The first kappa shape index (κ1) is 13.1. The van der Waals surface area contributed by atoms with Gasteiger partial charge in [-0.2, -0.15) is 0 Å². The van der Waals surface area contributed by atoms with E-state index in [1.807, 2.05) is 13.1 Å². The predicted octanol–water partition coefficient (Wildman–Crippen LogP) is 3.03.